The molecule has 0 aliphatic carbocycles. The molecule has 0 saturated carbocycles. The van der Waals surface area contributed by atoms with Crippen LogP contribution in [0.2, 0.25) is 0 Å². The van der Waals surface area contributed by atoms with Crippen LogP contribution >= 0.6 is 0 Å². The third-order valence-electron chi connectivity index (χ3n) is 2.97. The van der Waals surface area contributed by atoms with Gasteiger partial charge in [-0.3, -0.25) is 0 Å². The minimum absolute atomic E-state index is 0.0280. The summed E-state index contributed by atoms with van der Waals surface area (Å²) in [6.45, 7) is 2.81. The number of sulfonamides is 1. The highest BCUT2D eigenvalue weighted by Gasteiger charge is 2.33. The van der Waals surface area contributed by atoms with Crippen LogP contribution in [0.4, 0.5) is 10.1 Å². The highest BCUT2D eigenvalue weighted by molar-refractivity contribution is 7.89. The van der Waals surface area contributed by atoms with Gasteiger partial charge in [-0.25, -0.2) is 22.7 Å². The average Bonchev–Trinajstić information content (AvgIpc) is 2.26. The normalized spacial score (nSPS) is 12.3. The lowest BCUT2D eigenvalue weighted by atomic mass is 10.0. The number of primary sulfonamides is 1. The van der Waals surface area contributed by atoms with Gasteiger partial charge in [-0.05, 0) is 32.0 Å². The Kier molecular flexibility index (Phi) is 3.87. The Morgan fingerprint density at radius 3 is 2.32 bits per heavy atom. The third-order valence-corrected chi connectivity index (χ3v) is 3.88. The lowest BCUT2D eigenvalue weighted by Crippen LogP contribution is -2.48. The monoisotopic (exact) mass is 290 g/mol. The van der Waals surface area contributed by atoms with Crippen molar-refractivity contribution in [3.8, 4) is 0 Å². The molecule has 1 aromatic carbocycles. The van der Waals surface area contributed by atoms with E-state index in [-0.39, 0.29) is 10.6 Å². The minimum atomic E-state index is -3.99. The minimum Gasteiger partial charge on any atom is -0.480 e. The zero-order valence-corrected chi connectivity index (χ0v) is 11.5. The highest BCUT2D eigenvalue weighted by atomic mass is 32.2. The van der Waals surface area contributed by atoms with E-state index in [4.69, 9.17) is 10.2 Å². The molecule has 0 bridgehead atoms. The summed E-state index contributed by atoms with van der Waals surface area (Å²) in [5, 5.41) is 14.0. The Morgan fingerprint density at radius 2 is 1.95 bits per heavy atom. The molecule has 0 spiro atoms. The zero-order valence-electron chi connectivity index (χ0n) is 10.7. The van der Waals surface area contributed by atoms with Crippen molar-refractivity contribution in [2.45, 2.75) is 24.3 Å². The van der Waals surface area contributed by atoms with Crippen LogP contribution in [-0.4, -0.2) is 32.1 Å². The molecule has 0 aliphatic rings. The second-order valence-electron chi connectivity index (χ2n) is 4.58. The van der Waals surface area contributed by atoms with Crippen molar-refractivity contribution >= 4 is 21.7 Å². The number of nitrogens with zero attached hydrogens (tertiary/aromatic N) is 1. The molecule has 6 nitrogen and oxygen atoms in total. The number of likely N-dealkylation sites (N-methyl/N-ethyl adjacent to an activating group) is 1. The van der Waals surface area contributed by atoms with Gasteiger partial charge in [0.15, 0.2) is 0 Å². The van der Waals surface area contributed by atoms with Gasteiger partial charge in [0.2, 0.25) is 10.0 Å². The van der Waals surface area contributed by atoms with Crippen LogP contribution < -0.4 is 10.0 Å². The Bertz CT molecular complexity index is 613. The number of carbonyl (C=O) groups is 1. The number of anilines is 1. The third kappa shape index (κ3) is 3.02. The first kappa shape index (κ1) is 15.4. The maximum Gasteiger partial charge on any atom is 0.328 e. The highest BCUT2D eigenvalue weighted by Crippen LogP contribution is 2.27. The number of aliphatic carboxylic acids is 1. The summed E-state index contributed by atoms with van der Waals surface area (Å²) in [5.41, 5.74) is -1.37. The summed E-state index contributed by atoms with van der Waals surface area (Å²) in [6.07, 6.45) is 0. The van der Waals surface area contributed by atoms with Crippen molar-refractivity contribution in [2.75, 3.05) is 11.9 Å². The molecule has 0 heterocycles. The summed E-state index contributed by atoms with van der Waals surface area (Å²) in [6, 6.07) is 3.07. The zero-order chi connectivity index (χ0) is 15.0. The first-order valence-electron chi connectivity index (χ1n) is 5.27. The molecule has 1 rings (SSSR count). The van der Waals surface area contributed by atoms with Gasteiger partial charge >= 0.3 is 5.97 Å². The van der Waals surface area contributed by atoms with Gasteiger partial charge < -0.3 is 10.0 Å². The molecule has 0 amide bonds. The van der Waals surface area contributed by atoms with E-state index in [2.05, 4.69) is 0 Å². The Balaban J connectivity index is 3.28. The average molecular weight is 290 g/mol. The number of halogens is 1. The van der Waals surface area contributed by atoms with E-state index in [1.54, 1.807) is 0 Å². The van der Waals surface area contributed by atoms with Crippen molar-refractivity contribution in [1.82, 2.24) is 0 Å². The summed E-state index contributed by atoms with van der Waals surface area (Å²) in [7, 11) is -2.59. The summed E-state index contributed by atoms with van der Waals surface area (Å²) < 4.78 is 36.0. The molecule has 19 heavy (non-hydrogen) atoms. The van der Waals surface area contributed by atoms with Crippen LogP contribution in [0.15, 0.2) is 23.1 Å². The van der Waals surface area contributed by atoms with Crippen molar-refractivity contribution in [1.29, 1.82) is 0 Å². The van der Waals surface area contributed by atoms with Gasteiger partial charge in [0, 0.05) is 7.05 Å². The molecule has 3 N–H and O–H groups in total. The fraction of sp³-hybridized carbons (Fsp3) is 0.364. The van der Waals surface area contributed by atoms with Crippen LogP contribution in [0.1, 0.15) is 13.8 Å². The number of carboxylic acid groups (broad SMARTS) is 1. The molecular formula is C11H15FN2O4S. The lowest BCUT2D eigenvalue weighted by molar-refractivity contribution is -0.142. The maximum atomic E-state index is 13.9. The number of hydrogen-bond acceptors (Lipinski definition) is 4. The van der Waals surface area contributed by atoms with Gasteiger partial charge in [-0.15, -0.1) is 0 Å². The fourth-order valence-corrected chi connectivity index (χ4v) is 1.91. The molecule has 0 fully saturated rings. The quantitative estimate of drug-likeness (QED) is 0.853. The fourth-order valence-electron chi connectivity index (χ4n) is 1.38. The number of hydrogen-bond donors (Lipinski definition) is 2. The number of rotatable bonds is 4. The Labute approximate surface area is 110 Å². The van der Waals surface area contributed by atoms with Gasteiger partial charge in [0.1, 0.15) is 11.4 Å². The van der Waals surface area contributed by atoms with Crippen LogP contribution in [0.25, 0.3) is 0 Å². The smallest absolute Gasteiger partial charge is 0.328 e. The van der Waals surface area contributed by atoms with E-state index < -0.39 is 27.3 Å². The van der Waals surface area contributed by atoms with E-state index in [0.717, 1.165) is 12.1 Å². The summed E-state index contributed by atoms with van der Waals surface area (Å²) in [4.78, 5) is 11.9. The molecule has 0 aromatic heterocycles. The molecule has 106 valence electrons. The van der Waals surface area contributed by atoms with Gasteiger partial charge in [0.05, 0.1) is 10.6 Å². The van der Waals surface area contributed by atoms with Crippen LogP contribution in [0.3, 0.4) is 0 Å². The lowest BCUT2D eigenvalue weighted by Gasteiger charge is -2.33. The van der Waals surface area contributed by atoms with Crippen molar-refractivity contribution in [2.24, 2.45) is 5.14 Å². The first-order chi connectivity index (χ1) is 8.48. The number of benzene rings is 1. The van der Waals surface area contributed by atoms with Crippen molar-refractivity contribution in [3.05, 3.63) is 24.0 Å². The van der Waals surface area contributed by atoms with E-state index in [1.807, 2.05) is 0 Å². The SMILES string of the molecule is CN(c1ccc(S(N)(=O)=O)cc1F)C(C)(C)C(=O)O. The van der Waals surface area contributed by atoms with Gasteiger partial charge in [-0.1, -0.05) is 0 Å². The molecule has 1 aromatic rings. The van der Waals surface area contributed by atoms with Crippen LogP contribution in [0.5, 0.6) is 0 Å². The Hall–Kier alpha value is -1.67. The van der Waals surface area contributed by atoms with Gasteiger partial charge in [0.25, 0.3) is 0 Å². The van der Waals surface area contributed by atoms with Crippen LogP contribution in [0, 0.1) is 5.82 Å². The Morgan fingerprint density at radius 1 is 1.42 bits per heavy atom. The van der Waals surface area contributed by atoms with Crippen LogP contribution in [-0.2, 0) is 14.8 Å². The van der Waals surface area contributed by atoms with E-state index in [0.29, 0.717) is 0 Å². The maximum absolute atomic E-state index is 13.9. The molecule has 0 saturated heterocycles. The van der Waals surface area contributed by atoms with E-state index >= 15 is 0 Å². The van der Waals surface area contributed by atoms with E-state index in [9.17, 15) is 17.6 Å². The van der Waals surface area contributed by atoms with Crippen molar-refractivity contribution < 1.29 is 22.7 Å². The first-order valence-corrected chi connectivity index (χ1v) is 6.82. The molecule has 8 heteroatoms. The second kappa shape index (κ2) is 4.78. The number of nitrogens with two attached hydrogens (primary N) is 1. The predicted octanol–water partition coefficient (Wildman–Crippen LogP) is 0.772. The van der Waals surface area contributed by atoms with E-state index in [1.165, 1.54) is 31.9 Å². The predicted molar refractivity (Wildman–Crippen MR) is 67.9 cm³/mol. The molecule has 0 unspecified atom stereocenters. The summed E-state index contributed by atoms with van der Waals surface area (Å²) in [5.74, 6) is -1.99. The molecular weight excluding hydrogens is 275 g/mol. The summed E-state index contributed by atoms with van der Waals surface area (Å²) >= 11 is 0. The standard InChI is InChI=1S/C11H15FN2O4S/c1-11(2,10(15)16)14(3)9-5-4-7(6-8(9)12)19(13,17)18/h4-6H,1-3H3,(H,15,16)(H2,13,17,18). The molecule has 0 radical (unpaired) electrons. The van der Waals surface area contributed by atoms with Gasteiger partial charge in [-0.2, -0.15) is 0 Å². The van der Waals surface area contributed by atoms with Crippen molar-refractivity contribution in [3.63, 3.8) is 0 Å². The largest absolute Gasteiger partial charge is 0.480 e. The molecule has 0 aliphatic heterocycles. The topological polar surface area (TPSA) is 101 Å². The molecule has 0 atom stereocenters. The second-order valence-corrected chi connectivity index (χ2v) is 6.14. The number of carboxylic acids is 1.